The Kier molecular flexibility index (Phi) is 6.69. The molecule has 9 nitrogen and oxygen atoms in total. The summed E-state index contributed by atoms with van der Waals surface area (Å²) in [5, 5.41) is 18.3. The van der Waals surface area contributed by atoms with Crippen molar-refractivity contribution in [2.24, 2.45) is 0 Å². The predicted octanol–water partition coefficient (Wildman–Crippen LogP) is 3.68. The van der Waals surface area contributed by atoms with Gasteiger partial charge in [-0.2, -0.15) is 4.80 Å². The van der Waals surface area contributed by atoms with Gasteiger partial charge in [-0.15, -0.1) is 21.5 Å². The number of rotatable bonds is 7. The lowest BCUT2D eigenvalue weighted by Gasteiger charge is -2.32. The first kappa shape index (κ1) is 23.5. The van der Waals surface area contributed by atoms with Crippen LogP contribution in [-0.2, 0) is 16.1 Å². The van der Waals surface area contributed by atoms with Gasteiger partial charge in [-0.25, -0.2) is 0 Å². The molecule has 1 atom stereocenters. The number of amides is 2. The molecule has 0 saturated carbocycles. The minimum absolute atomic E-state index is 0.162. The van der Waals surface area contributed by atoms with E-state index in [4.69, 9.17) is 0 Å². The topological polar surface area (TPSA) is 106 Å². The van der Waals surface area contributed by atoms with Crippen molar-refractivity contribution in [3.8, 4) is 10.7 Å². The number of fused-ring (bicyclic) bond motifs is 1. The van der Waals surface area contributed by atoms with Crippen LogP contribution in [0.5, 0.6) is 0 Å². The fourth-order valence-corrected chi connectivity index (χ4v) is 4.29. The number of nitrogens with one attached hydrogen (secondary N) is 1. The maximum atomic E-state index is 13.6. The molecule has 4 aromatic rings. The Morgan fingerprint density at radius 2 is 1.97 bits per heavy atom. The Morgan fingerprint density at radius 3 is 2.68 bits per heavy atom. The van der Waals surface area contributed by atoms with Gasteiger partial charge < -0.3 is 5.32 Å². The van der Waals surface area contributed by atoms with Crippen molar-refractivity contribution < 1.29 is 9.59 Å². The second-order valence-electron chi connectivity index (χ2n) is 8.93. The molecule has 10 heteroatoms. The van der Waals surface area contributed by atoms with Gasteiger partial charge in [0.15, 0.2) is 0 Å². The molecule has 3 heterocycles. The quantitative estimate of drug-likeness (QED) is 0.435. The normalized spacial score (nSPS) is 12.5. The number of benzene rings is 1. The van der Waals surface area contributed by atoms with E-state index in [0.717, 1.165) is 15.8 Å². The lowest BCUT2D eigenvalue weighted by Crippen LogP contribution is -2.54. The van der Waals surface area contributed by atoms with E-state index in [1.165, 1.54) is 21.0 Å². The fourth-order valence-electron chi connectivity index (χ4n) is 3.64. The van der Waals surface area contributed by atoms with Gasteiger partial charge in [-0.05, 0) is 56.0 Å². The number of hydrogen-bond acceptors (Lipinski definition) is 7. The molecule has 0 unspecified atom stereocenters. The average Bonchev–Trinajstić information content (AvgIpc) is 3.47. The highest BCUT2D eigenvalue weighted by atomic mass is 32.1. The minimum Gasteiger partial charge on any atom is -0.350 e. The summed E-state index contributed by atoms with van der Waals surface area (Å²) in [5.74, 6) is -0.107. The number of anilines is 1. The van der Waals surface area contributed by atoms with Gasteiger partial charge >= 0.3 is 0 Å². The maximum Gasteiger partial charge on any atom is 0.251 e. The molecule has 1 N–H and O–H groups in total. The van der Waals surface area contributed by atoms with Gasteiger partial charge in [0.25, 0.3) is 5.91 Å². The molecule has 0 aliphatic carbocycles. The number of hydrogen-bond donors (Lipinski definition) is 1. The fraction of sp³-hybridized carbons (Fsp3) is 0.333. The van der Waals surface area contributed by atoms with Gasteiger partial charge in [0.05, 0.1) is 22.3 Å². The van der Waals surface area contributed by atoms with Crippen molar-refractivity contribution in [1.82, 2.24) is 30.5 Å². The largest absolute Gasteiger partial charge is 0.350 e. The molecule has 0 bridgehead atoms. The number of carbonyl (C=O) groups excluding carboxylic acids is 2. The zero-order valence-corrected chi connectivity index (χ0v) is 20.4. The van der Waals surface area contributed by atoms with Crippen LogP contribution in [0.15, 0.2) is 54.0 Å². The highest BCUT2D eigenvalue weighted by Crippen LogP contribution is 2.24. The summed E-state index contributed by atoms with van der Waals surface area (Å²) >= 11 is 1.50. The van der Waals surface area contributed by atoms with Crippen LogP contribution in [0.1, 0.15) is 34.1 Å². The van der Waals surface area contributed by atoms with Crippen LogP contribution in [0.3, 0.4) is 0 Å². The van der Waals surface area contributed by atoms with Crippen LogP contribution >= 0.6 is 11.3 Å². The second-order valence-corrected chi connectivity index (χ2v) is 9.88. The third-order valence-corrected chi connectivity index (χ3v) is 5.96. The molecule has 0 radical (unpaired) electrons. The first-order valence-corrected chi connectivity index (χ1v) is 11.9. The number of carbonyl (C=O) groups is 2. The zero-order valence-electron chi connectivity index (χ0n) is 19.6. The standard InChI is InChI=1S/C24H27N7O2S/c1-5-19(23(33)26-24(2,3)4)31(17-13-16-9-6-7-10-18(16)25-14-17)21(32)15-30-28-22(27-29-30)20-11-8-12-34-20/h6-14,19H,5,15H2,1-4H3,(H,26,33)/t19-/m0/s1. The van der Waals surface area contributed by atoms with E-state index in [2.05, 4.69) is 25.7 Å². The van der Waals surface area contributed by atoms with E-state index in [1.807, 2.05) is 75.5 Å². The first-order chi connectivity index (χ1) is 16.2. The van der Waals surface area contributed by atoms with Crippen LogP contribution in [0.4, 0.5) is 5.69 Å². The molecule has 2 amide bonds. The lowest BCUT2D eigenvalue weighted by molar-refractivity contribution is -0.128. The van der Waals surface area contributed by atoms with Crippen LogP contribution in [0.2, 0.25) is 0 Å². The third kappa shape index (κ3) is 5.28. The molecule has 3 aromatic heterocycles. The Labute approximate surface area is 201 Å². The van der Waals surface area contributed by atoms with Crippen molar-refractivity contribution in [2.75, 3.05) is 4.90 Å². The monoisotopic (exact) mass is 477 g/mol. The minimum atomic E-state index is -0.727. The molecule has 0 saturated heterocycles. The Morgan fingerprint density at radius 1 is 1.18 bits per heavy atom. The Bertz CT molecular complexity index is 1290. The molecule has 0 fully saturated rings. The number of pyridine rings is 1. The van der Waals surface area contributed by atoms with Gasteiger partial charge in [0.1, 0.15) is 12.6 Å². The lowest BCUT2D eigenvalue weighted by atomic mass is 10.1. The molecule has 0 aliphatic heterocycles. The van der Waals surface area contributed by atoms with E-state index in [1.54, 1.807) is 6.20 Å². The predicted molar refractivity (Wildman–Crippen MR) is 132 cm³/mol. The van der Waals surface area contributed by atoms with Crippen molar-refractivity contribution in [1.29, 1.82) is 0 Å². The number of thiophene rings is 1. The first-order valence-electron chi connectivity index (χ1n) is 11.1. The summed E-state index contributed by atoms with van der Waals surface area (Å²) in [6.07, 6.45) is 2.05. The van der Waals surface area contributed by atoms with Gasteiger partial charge in [-0.3, -0.25) is 19.5 Å². The third-order valence-electron chi connectivity index (χ3n) is 5.09. The SMILES string of the molecule is CC[C@@H](C(=O)NC(C)(C)C)N(C(=O)Cn1nnc(-c2cccs2)n1)c1cnc2ccccc2c1. The molecule has 34 heavy (non-hydrogen) atoms. The van der Waals surface area contributed by atoms with Crippen molar-refractivity contribution in [2.45, 2.75) is 52.2 Å². The number of aromatic nitrogens is 5. The summed E-state index contributed by atoms with van der Waals surface area (Å²) in [6.45, 7) is 7.45. The molecule has 176 valence electrons. The number of tetrazole rings is 1. The number of para-hydroxylation sites is 1. The summed E-state index contributed by atoms with van der Waals surface area (Å²) in [7, 11) is 0. The van der Waals surface area contributed by atoms with Gasteiger partial charge in [0, 0.05) is 10.9 Å². The van der Waals surface area contributed by atoms with E-state index in [9.17, 15) is 9.59 Å². The molecule has 1 aromatic carbocycles. The van der Waals surface area contributed by atoms with Gasteiger partial charge in [-0.1, -0.05) is 31.2 Å². The van der Waals surface area contributed by atoms with E-state index >= 15 is 0 Å². The smallest absolute Gasteiger partial charge is 0.251 e. The van der Waals surface area contributed by atoms with Crippen molar-refractivity contribution in [3.63, 3.8) is 0 Å². The molecule has 4 rings (SSSR count). The summed E-state index contributed by atoms with van der Waals surface area (Å²) in [4.78, 5) is 34.9. The summed E-state index contributed by atoms with van der Waals surface area (Å²) < 4.78 is 0. The average molecular weight is 478 g/mol. The highest BCUT2D eigenvalue weighted by molar-refractivity contribution is 7.13. The Balaban J connectivity index is 1.68. The zero-order chi connectivity index (χ0) is 24.3. The number of nitrogens with zero attached hydrogens (tertiary/aromatic N) is 6. The molecule has 0 aliphatic rings. The highest BCUT2D eigenvalue weighted by Gasteiger charge is 2.32. The van der Waals surface area contributed by atoms with E-state index in [0.29, 0.717) is 17.9 Å². The van der Waals surface area contributed by atoms with Crippen LogP contribution in [0.25, 0.3) is 21.6 Å². The molecular formula is C24H27N7O2S. The van der Waals surface area contributed by atoms with Crippen LogP contribution < -0.4 is 10.2 Å². The molecular weight excluding hydrogens is 450 g/mol. The summed E-state index contributed by atoms with van der Waals surface area (Å²) in [5.41, 5.74) is 0.909. The summed E-state index contributed by atoms with van der Waals surface area (Å²) in [6, 6.07) is 12.6. The van der Waals surface area contributed by atoms with Crippen molar-refractivity contribution in [3.05, 3.63) is 54.0 Å². The van der Waals surface area contributed by atoms with Gasteiger partial charge in [0.2, 0.25) is 11.7 Å². The van der Waals surface area contributed by atoms with E-state index < -0.39 is 11.6 Å². The molecule has 0 spiro atoms. The van der Waals surface area contributed by atoms with Crippen LogP contribution in [-0.4, -0.2) is 48.6 Å². The van der Waals surface area contributed by atoms with Crippen molar-refractivity contribution >= 4 is 39.7 Å². The van der Waals surface area contributed by atoms with Crippen LogP contribution in [0, 0.1) is 0 Å². The Hall–Kier alpha value is -3.66. The maximum absolute atomic E-state index is 13.6. The second kappa shape index (κ2) is 9.68. The van der Waals surface area contributed by atoms with E-state index in [-0.39, 0.29) is 18.4 Å².